The Hall–Kier alpha value is -1.10. The Morgan fingerprint density at radius 2 is 2.00 bits per heavy atom. The third-order valence-corrected chi connectivity index (χ3v) is 2.77. The lowest BCUT2D eigenvalue weighted by Gasteiger charge is -2.15. The van der Waals surface area contributed by atoms with Gasteiger partial charge in [-0.15, -0.1) is 0 Å². The molecule has 0 bridgehead atoms. The van der Waals surface area contributed by atoms with E-state index in [4.69, 9.17) is 0 Å². The fourth-order valence-corrected chi connectivity index (χ4v) is 1.99. The third-order valence-electron chi connectivity index (χ3n) is 2.77. The van der Waals surface area contributed by atoms with Crippen LogP contribution in [0.25, 0.3) is 0 Å². The van der Waals surface area contributed by atoms with Gasteiger partial charge in [0, 0.05) is 11.6 Å². The molecule has 16 heavy (non-hydrogen) atoms. The van der Waals surface area contributed by atoms with Gasteiger partial charge in [0.05, 0.1) is 5.56 Å². The highest BCUT2D eigenvalue weighted by Gasteiger charge is 2.35. The topological polar surface area (TPSA) is 12.0 Å². The van der Waals surface area contributed by atoms with Crippen molar-refractivity contribution >= 4 is 0 Å². The van der Waals surface area contributed by atoms with Crippen molar-refractivity contribution in [2.45, 2.75) is 25.1 Å². The number of halogens is 4. The molecule has 0 unspecified atom stereocenters. The van der Waals surface area contributed by atoms with Crippen LogP contribution in [0.2, 0.25) is 0 Å². The summed E-state index contributed by atoms with van der Waals surface area (Å²) >= 11 is 0. The van der Waals surface area contributed by atoms with E-state index in [-0.39, 0.29) is 11.6 Å². The van der Waals surface area contributed by atoms with Crippen LogP contribution in [0, 0.1) is 5.82 Å². The molecule has 5 heteroatoms. The van der Waals surface area contributed by atoms with E-state index in [1.54, 1.807) is 0 Å². The van der Waals surface area contributed by atoms with Gasteiger partial charge in [0.2, 0.25) is 0 Å². The average molecular weight is 233 g/mol. The highest BCUT2D eigenvalue weighted by atomic mass is 19.4. The van der Waals surface area contributed by atoms with Crippen LogP contribution in [0.1, 0.15) is 30.0 Å². The largest absolute Gasteiger partial charge is 0.419 e. The first-order valence-corrected chi connectivity index (χ1v) is 5.09. The molecule has 2 rings (SSSR count). The summed E-state index contributed by atoms with van der Waals surface area (Å²) in [6.07, 6.45) is -3.09. The molecule has 1 aromatic rings. The van der Waals surface area contributed by atoms with Crippen LogP contribution in [0.4, 0.5) is 17.6 Å². The molecule has 0 spiro atoms. The van der Waals surface area contributed by atoms with E-state index in [0.717, 1.165) is 19.0 Å². The van der Waals surface area contributed by atoms with Gasteiger partial charge < -0.3 is 5.32 Å². The normalized spacial score (nSPS) is 21.4. The fraction of sp³-hybridized carbons (Fsp3) is 0.455. The molecule has 0 saturated carbocycles. The number of hydrogen-bond acceptors (Lipinski definition) is 1. The predicted molar refractivity (Wildman–Crippen MR) is 51.4 cm³/mol. The van der Waals surface area contributed by atoms with Gasteiger partial charge in [0.15, 0.2) is 0 Å². The molecule has 1 aromatic carbocycles. The van der Waals surface area contributed by atoms with Crippen LogP contribution in [-0.2, 0) is 6.18 Å². The Morgan fingerprint density at radius 1 is 1.25 bits per heavy atom. The number of benzene rings is 1. The smallest absolute Gasteiger partial charge is 0.310 e. The minimum absolute atomic E-state index is 0.118. The van der Waals surface area contributed by atoms with Crippen molar-refractivity contribution < 1.29 is 17.6 Å². The van der Waals surface area contributed by atoms with Crippen LogP contribution < -0.4 is 5.32 Å². The van der Waals surface area contributed by atoms with Gasteiger partial charge in [-0.1, -0.05) is 12.1 Å². The van der Waals surface area contributed by atoms with E-state index in [1.807, 2.05) is 0 Å². The quantitative estimate of drug-likeness (QED) is 0.734. The molecule has 0 aliphatic carbocycles. The first kappa shape index (κ1) is 11.4. The first-order chi connectivity index (χ1) is 7.50. The van der Waals surface area contributed by atoms with Gasteiger partial charge in [-0.3, -0.25) is 0 Å². The lowest BCUT2D eigenvalue weighted by molar-refractivity contribution is -0.140. The van der Waals surface area contributed by atoms with Crippen molar-refractivity contribution in [3.8, 4) is 0 Å². The van der Waals surface area contributed by atoms with Crippen LogP contribution >= 0.6 is 0 Å². The second kappa shape index (κ2) is 4.05. The molecular weight excluding hydrogens is 222 g/mol. The van der Waals surface area contributed by atoms with Crippen molar-refractivity contribution in [1.29, 1.82) is 0 Å². The maximum atomic E-state index is 13.7. The van der Waals surface area contributed by atoms with E-state index < -0.39 is 17.6 Å². The van der Waals surface area contributed by atoms with Gasteiger partial charge in [0.25, 0.3) is 0 Å². The van der Waals surface area contributed by atoms with Crippen molar-refractivity contribution in [2.24, 2.45) is 0 Å². The molecule has 1 fully saturated rings. The molecule has 0 amide bonds. The Morgan fingerprint density at radius 3 is 2.56 bits per heavy atom. The van der Waals surface area contributed by atoms with Gasteiger partial charge in [-0.2, -0.15) is 13.2 Å². The molecule has 1 nitrogen and oxygen atoms in total. The molecule has 1 atom stereocenters. The van der Waals surface area contributed by atoms with Gasteiger partial charge in [-0.25, -0.2) is 4.39 Å². The highest BCUT2D eigenvalue weighted by molar-refractivity contribution is 5.30. The number of alkyl halides is 3. The predicted octanol–water partition coefficient (Wildman–Crippen LogP) is 3.27. The maximum absolute atomic E-state index is 13.7. The van der Waals surface area contributed by atoms with Crippen LogP contribution in [0.3, 0.4) is 0 Å². The minimum Gasteiger partial charge on any atom is -0.310 e. The van der Waals surface area contributed by atoms with E-state index >= 15 is 0 Å². The molecule has 0 radical (unpaired) electrons. The van der Waals surface area contributed by atoms with E-state index in [2.05, 4.69) is 5.32 Å². The lowest BCUT2D eigenvalue weighted by Crippen LogP contribution is -2.17. The van der Waals surface area contributed by atoms with Crippen LogP contribution in [0.15, 0.2) is 18.2 Å². The molecule has 1 heterocycles. The zero-order valence-corrected chi connectivity index (χ0v) is 8.44. The van der Waals surface area contributed by atoms with Crippen molar-refractivity contribution in [3.05, 3.63) is 35.1 Å². The molecule has 1 aliphatic rings. The van der Waals surface area contributed by atoms with Gasteiger partial charge in [-0.05, 0) is 25.5 Å². The van der Waals surface area contributed by atoms with E-state index in [0.29, 0.717) is 6.42 Å². The van der Waals surface area contributed by atoms with Crippen LogP contribution in [0.5, 0.6) is 0 Å². The van der Waals surface area contributed by atoms with Crippen molar-refractivity contribution in [3.63, 3.8) is 0 Å². The molecule has 0 aromatic heterocycles. The summed E-state index contributed by atoms with van der Waals surface area (Å²) in [4.78, 5) is 0. The second-order valence-corrected chi connectivity index (χ2v) is 3.86. The van der Waals surface area contributed by atoms with Crippen molar-refractivity contribution in [1.82, 2.24) is 5.32 Å². The lowest BCUT2D eigenvalue weighted by atomic mass is 10.0. The van der Waals surface area contributed by atoms with Gasteiger partial charge in [0.1, 0.15) is 5.82 Å². The molecular formula is C11H11F4N. The zero-order chi connectivity index (χ0) is 11.8. The summed E-state index contributed by atoms with van der Waals surface area (Å²) in [6, 6.07) is 3.14. The Labute approximate surface area is 90.5 Å². The first-order valence-electron chi connectivity index (χ1n) is 5.09. The van der Waals surface area contributed by atoms with E-state index in [9.17, 15) is 17.6 Å². The summed E-state index contributed by atoms with van der Waals surface area (Å²) in [5, 5.41) is 2.99. The standard InChI is InChI=1S/C11H11F4N/c12-10-7(9-5-2-6-16-9)3-1-4-8(10)11(13,14)15/h1,3-4,9,16H,2,5-6H2/t9-/m0/s1. The number of nitrogens with one attached hydrogen (secondary N) is 1. The summed E-state index contributed by atoms with van der Waals surface area (Å²) in [5.74, 6) is -1.14. The molecule has 88 valence electrons. The number of hydrogen-bond donors (Lipinski definition) is 1. The molecule has 1 saturated heterocycles. The Bertz CT molecular complexity index is 380. The summed E-state index contributed by atoms with van der Waals surface area (Å²) in [5.41, 5.74) is -1.06. The SMILES string of the molecule is Fc1c([C@@H]2CCCN2)cccc1C(F)(F)F. The minimum atomic E-state index is -4.63. The van der Waals surface area contributed by atoms with Gasteiger partial charge >= 0.3 is 6.18 Å². The second-order valence-electron chi connectivity index (χ2n) is 3.86. The summed E-state index contributed by atoms with van der Waals surface area (Å²) in [7, 11) is 0. The Kier molecular flexibility index (Phi) is 2.88. The highest BCUT2D eigenvalue weighted by Crippen LogP contribution is 2.35. The monoisotopic (exact) mass is 233 g/mol. The molecule has 1 N–H and O–H groups in total. The molecule has 1 aliphatic heterocycles. The summed E-state index contributed by atoms with van der Waals surface area (Å²) in [6.45, 7) is 0.723. The van der Waals surface area contributed by atoms with Crippen molar-refractivity contribution in [2.75, 3.05) is 6.54 Å². The summed E-state index contributed by atoms with van der Waals surface area (Å²) < 4.78 is 51.0. The van der Waals surface area contributed by atoms with E-state index in [1.165, 1.54) is 12.1 Å². The average Bonchev–Trinajstić information content (AvgIpc) is 2.69. The Balaban J connectivity index is 2.40. The zero-order valence-electron chi connectivity index (χ0n) is 8.44. The maximum Gasteiger partial charge on any atom is 0.419 e. The fourth-order valence-electron chi connectivity index (χ4n) is 1.99. The third kappa shape index (κ3) is 2.04. The number of rotatable bonds is 1. The van der Waals surface area contributed by atoms with Crippen LogP contribution in [-0.4, -0.2) is 6.54 Å².